The Bertz CT molecular complexity index is 890. The second-order valence-corrected chi connectivity index (χ2v) is 5.52. The third-order valence-electron chi connectivity index (χ3n) is 3.94. The average molecular weight is 369 g/mol. The lowest BCUT2D eigenvalue weighted by molar-refractivity contribution is -0.115. The van der Waals surface area contributed by atoms with Crippen LogP contribution in [0.2, 0.25) is 0 Å². The number of hydrogen-bond donors (Lipinski definition) is 0. The molecule has 3 rings (SSSR count). The molecule has 0 bridgehead atoms. The number of ether oxygens (including phenoxy) is 5. The van der Waals surface area contributed by atoms with Crippen molar-refractivity contribution in [3.8, 4) is 23.0 Å². The predicted molar refractivity (Wildman–Crippen MR) is 99.7 cm³/mol. The number of carbonyl (C=O) groups excluding carboxylic acids is 1. The molecule has 0 saturated heterocycles. The van der Waals surface area contributed by atoms with E-state index in [2.05, 4.69) is 4.99 Å². The molecule has 0 radical (unpaired) electrons. The van der Waals surface area contributed by atoms with Crippen LogP contribution in [-0.2, 0) is 9.53 Å². The van der Waals surface area contributed by atoms with E-state index in [0.29, 0.717) is 34.1 Å². The quantitative estimate of drug-likeness (QED) is 0.729. The molecule has 0 spiro atoms. The Hall–Kier alpha value is -3.48. The van der Waals surface area contributed by atoms with E-state index in [9.17, 15) is 4.79 Å². The largest absolute Gasteiger partial charge is 0.497 e. The van der Waals surface area contributed by atoms with Crippen LogP contribution in [0.25, 0.3) is 6.08 Å². The van der Waals surface area contributed by atoms with E-state index in [1.165, 1.54) is 21.3 Å². The Morgan fingerprint density at radius 1 is 0.889 bits per heavy atom. The molecule has 1 aliphatic heterocycles. The lowest BCUT2D eigenvalue weighted by Gasteiger charge is -2.13. The van der Waals surface area contributed by atoms with Crippen molar-refractivity contribution in [2.75, 3.05) is 28.4 Å². The molecule has 0 aliphatic carbocycles. The molecule has 7 heteroatoms. The van der Waals surface area contributed by atoms with Crippen molar-refractivity contribution >= 4 is 17.9 Å². The summed E-state index contributed by atoms with van der Waals surface area (Å²) in [7, 11) is 6.16. The SMILES string of the molecule is COc1ccc(C2=NC(=O)/C(=C\c3cc(OC)c(OC)c(OC)c3)O2)cc1. The van der Waals surface area contributed by atoms with Crippen LogP contribution in [0.5, 0.6) is 23.0 Å². The molecule has 0 aromatic heterocycles. The molecular formula is C20H19NO6. The van der Waals surface area contributed by atoms with Crippen LogP contribution in [0.1, 0.15) is 11.1 Å². The number of amides is 1. The van der Waals surface area contributed by atoms with E-state index < -0.39 is 5.91 Å². The highest BCUT2D eigenvalue weighted by molar-refractivity contribution is 6.14. The van der Waals surface area contributed by atoms with Crippen molar-refractivity contribution in [3.63, 3.8) is 0 Å². The molecule has 0 saturated carbocycles. The monoisotopic (exact) mass is 369 g/mol. The minimum Gasteiger partial charge on any atom is -0.497 e. The van der Waals surface area contributed by atoms with E-state index in [-0.39, 0.29) is 11.7 Å². The van der Waals surface area contributed by atoms with Crippen LogP contribution in [-0.4, -0.2) is 40.2 Å². The molecular weight excluding hydrogens is 350 g/mol. The number of methoxy groups -OCH3 is 4. The Morgan fingerprint density at radius 2 is 1.52 bits per heavy atom. The van der Waals surface area contributed by atoms with Crippen LogP contribution in [0, 0.1) is 0 Å². The maximum Gasteiger partial charge on any atom is 0.316 e. The third kappa shape index (κ3) is 3.72. The van der Waals surface area contributed by atoms with Crippen LogP contribution in [0.15, 0.2) is 47.1 Å². The van der Waals surface area contributed by atoms with E-state index in [1.807, 2.05) is 0 Å². The molecule has 1 amide bonds. The van der Waals surface area contributed by atoms with Gasteiger partial charge in [0, 0.05) is 5.56 Å². The lowest BCUT2D eigenvalue weighted by Crippen LogP contribution is -2.01. The van der Waals surface area contributed by atoms with Crippen LogP contribution < -0.4 is 18.9 Å². The zero-order valence-corrected chi connectivity index (χ0v) is 15.4. The van der Waals surface area contributed by atoms with Crippen LogP contribution >= 0.6 is 0 Å². The summed E-state index contributed by atoms with van der Waals surface area (Å²) in [5.74, 6) is 2.01. The highest BCUT2D eigenvalue weighted by Crippen LogP contribution is 2.39. The van der Waals surface area contributed by atoms with Crippen molar-refractivity contribution in [2.24, 2.45) is 4.99 Å². The summed E-state index contributed by atoms with van der Waals surface area (Å²) in [5, 5.41) is 0. The fourth-order valence-corrected chi connectivity index (χ4v) is 2.60. The zero-order chi connectivity index (χ0) is 19.4. The Balaban J connectivity index is 1.89. The maximum absolute atomic E-state index is 12.2. The average Bonchev–Trinajstić information content (AvgIpc) is 3.07. The number of rotatable bonds is 6. The lowest BCUT2D eigenvalue weighted by atomic mass is 10.1. The van der Waals surface area contributed by atoms with Gasteiger partial charge in [0.05, 0.1) is 28.4 Å². The number of aliphatic imine (C=N–C) groups is 1. The smallest absolute Gasteiger partial charge is 0.316 e. The number of carbonyl (C=O) groups is 1. The first-order chi connectivity index (χ1) is 13.1. The summed E-state index contributed by atoms with van der Waals surface area (Å²) >= 11 is 0. The summed E-state index contributed by atoms with van der Waals surface area (Å²) in [6.45, 7) is 0. The van der Waals surface area contributed by atoms with Gasteiger partial charge in [-0.3, -0.25) is 4.79 Å². The fraction of sp³-hybridized carbons (Fsp3) is 0.200. The van der Waals surface area contributed by atoms with E-state index in [0.717, 1.165) is 0 Å². The van der Waals surface area contributed by atoms with Crippen molar-refractivity contribution < 1.29 is 28.5 Å². The van der Waals surface area contributed by atoms with Gasteiger partial charge in [0.2, 0.25) is 11.6 Å². The first kappa shape index (κ1) is 18.3. The summed E-state index contributed by atoms with van der Waals surface area (Å²) < 4.78 is 26.7. The van der Waals surface area contributed by atoms with Crippen molar-refractivity contribution in [1.82, 2.24) is 0 Å². The highest BCUT2D eigenvalue weighted by Gasteiger charge is 2.24. The van der Waals surface area contributed by atoms with Gasteiger partial charge in [-0.15, -0.1) is 0 Å². The topological polar surface area (TPSA) is 75.6 Å². The third-order valence-corrected chi connectivity index (χ3v) is 3.94. The summed E-state index contributed by atoms with van der Waals surface area (Å²) in [6, 6.07) is 10.5. The Labute approximate surface area is 156 Å². The van der Waals surface area contributed by atoms with Crippen molar-refractivity contribution in [1.29, 1.82) is 0 Å². The summed E-state index contributed by atoms with van der Waals surface area (Å²) in [6.07, 6.45) is 1.58. The molecule has 1 heterocycles. The van der Waals surface area contributed by atoms with Crippen molar-refractivity contribution in [3.05, 3.63) is 53.3 Å². The van der Waals surface area contributed by atoms with Gasteiger partial charge in [0.25, 0.3) is 0 Å². The van der Waals surface area contributed by atoms with Gasteiger partial charge in [-0.25, -0.2) is 0 Å². The number of hydrogen-bond acceptors (Lipinski definition) is 6. The van der Waals surface area contributed by atoms with Gasteiger partial charge in [-0.2, -0.15) is 4.99 Å². The van der Waals surface area contributed by atoms with Gasteiger partial charge < -0.3 is 23.7 Å². The number of benzene rings is 2. The van der Waals surface area contributed by atoms with Crippen LogP contribution in [0.4, 0.5) is 0 Å². The molecule has 0 N–H and O–H groups in total. The van der Waals surface area contributed by atoms with E-state index in [4.69, 9.17) is 23.7 Å². The standard InChI is InChI=1S/C20H19NO6/c1-23-14-7-5-13(6-8-14)20-21-19(22)17(27-20)11-12-9-15(24-2)18(26-4)16(10-12)25-3/h5-11H,1-4H3/b17-11+. The van der Waals surface area contributed by atoms with Crippen LogP contribution in [0.3, 0.4) is 0 Å². The van der Waals surface area contributed by atoms with E-state index in [1.54, 1.807) is 49.6 Å². The second kappa shape index (κ2) is 7.82. The predicted octanol–water partition coefficient (Wildman–Crippen LogP) is 3.07. The minimum atomic E-state index is -0.463. The molecule has 0 unspecified atom stereocenters. The van der Waals surface area contributed by atoms with Gasteiger partial charge in [0.1, 0.15) is 5.75 Å². The zero-order valence-electron chi connectivity index (χ0n) is 15.4. The summed E-state index contributed by atoms with van der Waals surface area (Å²) in [5.41, 5.74) is 1.33. The van der Waals surface area contributed by atoms with Gasteiger partial charge in [0.15, 0.2) is 17.3 Å². The van der Waals surface area contributed by atoms with Gasteiger partial charge in [-0.05, 0) is 48.0 Å². The molecule has 2 aromatic carbocycles. The van der Waals surface area contributed by atoms with Gasteiger partial charge in [-0.1, -0.05) is 0 Å². The van der Waals surface area contributed by atoms with Gasteiger partial charge >= 0.3 is 5.91 Å². The molecule has 27 heavy (non-hydrogen) atoms. The normalized spacial score (nSPS) is 14.6. The molecule has 0 atom stereocenters. The first-order valence-corrected chi connectivity index (χ1v) is 8.06. The van der Waals surface area contributed by atoms with Crippen molar-refractivity contribution in [2.45, 2.75) is 0 Å². The summed E-state index contributed by atoms with van der Waals surface area (Å²) in [4.78, 5) is 16.2. The fourth-order valence-electron chi connectivity index (χ4n) is 2.60. The molecule has 0 fully saturated rings. The van der Waals surface area contributed by atoms with E-state index >= 15 is 0 Å². The maximum atomic E-state index is 12.2. The Morgan fingerprint density at radius 3 is 2.04 bits per heavy atom. The second-order valence-electron chi connectivity index (χ2n) is 5.52. The molecule has 2 aromatic rings. The molecule has 140 valence electrons. The molecule has 1 aliphatic rings. The Kier molecular flexibility index (Phi) is 5.30. The highest BCUT2D eigenvalue weighted by atomic mass is 16.5. The minimum absolute atomic E-state index is 0.107. The number of nitrogens with zero attached hydrogens (tertiary/aromatic N) is 1. The molecule has 7 nitrogen and oxygen atoms in total. The first-order valence-electron chi connectivity index (χ1n) is 8.06.